The number of carbonyl (C=O) groups excluding carboxylic acids is 1. The normalized spacial score (nSPS) is 14.8. The van der Waals surface area contributed by atoms with Gasteiger partial charge in [0, 0.05) is 25.9 Å². The van der Waals surface area contributed by atoms with Gasteiger partial charge >= 0.3 is 5.97 Å². The van der Waals surface area contributed by atoms with Crippen LogP contribution >= 0.6 is 11.3 Å². The second-order valence-electron chi connectivity index (χ2n) is 9.63. The number of esters is 1. The smallest absolute Gasteiger partial charge is 0.338 e. The fourth-order valence-electron chi connectivity index (χ4n) is 4.76. The zero-order valence-corrected chi connectivity index (χ0v) is 24.4. The first kappa shape index (κ1) is 28.6. The van der Waals surface area contributed by atoms with Crippen LogP contribution in [0.15, 0.2) is 80.1 Å². The Labute approximate surface area is 244 Å². The molecule has 0 bridgehead atoms. The molecule has 0 saturated heterocycles. The van der Waals surface area contributed by atoms with E-state index in [0.29, 0.717) is 32.1 Å². The number of methoxy groups -OCH3 is 1. The molecular formula is C30H28N4O7S. The average Bonchev–Trinajstić information content (AvgIpc) is 3.56. The number of rotatable bonds is 8. The molecule has 2 aromatic carbocycles. The SMILES string of the molecule is CCOC(=O)C1=C(C)N=c2sc(=Cc3ccc(-c4ccc(OC)cc4[N+](=O)[O-])o3)c(=O)n2C1c1ccc(N(C)C)cc1. The number of nitro groups is 1. The van der Waals surface area contributed by atoms with Crippen molar-refractivity contribution in [3.63, 3.8) is 0 Å². The van der Waals surface area contributed by atoms with Crippen LogP contribution in [0.2, 0.25) is 0 Å². The molecule has 1 atom stereocenters. The summed E-state index contributed by atoms with van der Waals surface area (Å²) < 4.78 is 18.2. The molecule has 0 radical (unpaired) electrons. The van der Waals surface area contributed by atoms with E-state index in [0.717, 1.165) is 22.6 Å². The lowest BCUT2D eigenvalue weighted by molar-refractivity contribution is -0.384. The second-order valence-corrected chi connectivity index (χ2v) is 10.6. The van der Waals surface area contributed by atoms with E-state index < -0.39 is 16.9 Å². The summed E-state index contributed by atoms with van der Waals surface area (Å²) in [5.74, 6) is 0.407. The second kappa shape index (κ2) is 11.5. The number of aromatic nitrogens is 1. The molecule has 0 spiro atoms. The Morgan fingerprint density at radius 2 is 1.93 bits per heavy atom. The van der Waals surface area contributed by atoms with E-state index in [9.17, 15) is 19.7 Å². The van der Waals surface area contributed by atoms with E-state index in [-0.39, 0.29) is 29.2 Å². The van der Waals surface area contributed by atoms with Gasteiger partial charge in [0.15, 0.2) is 4.80 Å². The van der Waals surface area contributed by atoms with Gasteiger partial charge in [0.05, 0.1) is 52.1 Å². The molecule has 42 heavy (non-hydrogen) atoms. The number of nitrogens with zero attached hydrogens (tertiary/aromatic N) is 4. The molecule has 3 heterocycles. The van der Waals surface area contributed by atoms with E-state index in [1.165, 1.54) is 17.7 Å². The van der Waals surface area contributed by atoms with Gasteiger partial charge in [-0.15, -0.1) is 0 Å². The van der Waals surface area contributed by atoms with Crippen molar-refractivity contribution in [2.24, 2.45) is 4.99 Å². The van der Waals surface area contributed by atoms with Gasteiger partial charge in [-0.05, 0) is 55.8 Å². The Morgan fingerprint density at radius 1 is 1.19 bits per heavy atom. The van der Waals surface area contributed by atoms with E-state index in [1.54, 1.807) is 44.2 Å². The van der Waals surface area contributed by atoms with E-state index in [1.807, 2.05) is 43.3 Å². The largest absolute Gasteiger partial charge is 0.497 e. The van der Waals surface area contributed by atoms with Crippen LogP contribution in [0.5, 0.6) is 5.75 Å². The van der Waals surface area contributed by atoms with Crippen molar-refractivity contribution in [3.8, 4) is 17.1 Å². The summed E-state index contributed by atoms with van der Waals surface area (Å²) >= 11 is 1.16. The highest BCUT2D eigenvalue weighted by Gasteiger charge is 2.33. The molecular weight excluding hydrogens is 560 g/mol. The summed E-state index contributed by atoms with van der Waals surface area (Å²) in [7, 11) is 5.29. The molecule has 4 aromatic rings. The standard InChI is InChI=1S/C30H28N4O7S/c1-6-40-29(36)26-17(2)31-30-33(27(26)18-7-9-19(10-8-18)32(3)4)28(35)25(42-30)16-21-12-14-24(41-21)22-13-11-20(39-5)15-23(22)34(37)38/h7-16,27H,6H2,1-5H3. The van der Waals surface area contributed by atoms with Crippen LogP contribution < -0.4 is 24.5 Å². The van der Waals surface area contributed by atoms with Crippen LogP contribution in [-0.2, 0) is 9.53 Å². The van der Waals surface area contributed by atoms with Crippen LogP contribution in [0.4, 0.5) is 11.4 Å². The quantitative estimate of drug-likeness (QED) is 0.171. The maximum atomic E-state index is 13.9. The monoisotopic (exact) mass is 588 g/mol. The molecule has 0 fully saturated rings. The lowest BCUT2D eigenvalue weighted by Gasteiger charge is -2.25. The number of hydrogen-bond donors (Lipinski definition) is 0. The summed E-state index contributed by atoms with van der Waals surface area (Å²) in [6.07, 6.45) is 1.57. The third kappa shape index (κ3) is 5.23. The fourth-order valence-corrected chi connectivity index (χ4v) is 5.79. The highest BCUT2D eigenvalue weighted by atomic mass is 32.1. The van der Waals surface area contributed by atoms with Gasteiger partial charge in [0.1, 0.15) is 17.3 Å². The minimum Gasteiger partial charge on any atom is -0.497 e. The zero-order valence-electron chi connectivity index (χ0n) is 23.6. The van der Waals surface area contributed by atoms with Crippen LogP contribution in [-0.4, -0.2) is 43.3 Å². The maximum Gasteiger partial charge on any atom is 0.338 e. The van der Waals surface area contributed by atoms with Crippen LogP contribution in [0.1, 0.15) is 31.2 Å². The van der Waals surface area contributed by atoms with Crippen LogP contribution in [0.25, 0.3) is 17.4 Å². The molecule has 1 aliphatic rings. The molecule has 1 aliphatic heterocycles. The Morgan fingerprint density at radius 3 is 2.57 bits per heavy atom. The molecule has 0 aliphatic carbocycles. The molecule has 12 heteroatoms. The highest BCUT2D eigenvalue weighted by molar-refractivity contribution is 7.07. The number of furan rings is 1. The van der Waals surface area contributed by atoms with Gasteiger partial charge in [0.25, 0.3) is 11.2 Å². The van der Waals surface area contributed by atoms with Gasteiger partial charge in [-0.2, -0.15) is 0 Å². The van der Waals surface area contributed by atoms with E-state index >= 15 is 0 Å². The molecule has 1 unspecified atom stereocenters. The van der Waals surface area contributed by atoms with Gasteiger partial charge < -0.3 is 18.8 Å². The van der Waals surface area contributed by atoms with Crippen molar-refractivity contribution in [3.05, 3.63) is 107 Å². The summed E-state index contributed by atoms with van der Waals surface area (Å²) in [6.45, 7) is 3.63. The van der Waals surface area contributed by atoms with Crippen molar-refractivity contribution in [1.82, 2.24) is 4.57 Å². The summed E-state index contributed by atoms with van der Waals surface area (Å²) in [5, 5.41) is 11.7. The molecule has 11 nitrogen and oxygen atoms in total. The summed E-state index contributed by atoms with van der Waals surface area (Å²) in [4.78, 5) is 45.1. The van der Waals surface area contributed by atoms with Crippen LogP contribution in [0.3, 0.4) is 0 Å². The van der Waals surface area contributed by atoms with Crippen molar-refractivity contribution in [2.75, 3.05) is 32.7 Å². The van der Waals surface area contributed by atoms with E-state index in [2.05, 4.69) is 4.99 Å². The Bertz CT molecular complexity index is 1900. The zero-order chi connectivity index (χ0) is 30.1. The van der Waals surface area contributed by atoms with Crippen molar-refractivity contribution in [2.45, 2.75) is 19.9 Å². The third-order valence-corrected chi connectivity index (χ3v) is 7.79. The third-order valence-electron chi connectivity index (χ3n) is 6.81. The molecule has 0 amide bonds. The number of fused-ring (bicyclic) bond motifs is 1. The van der Waals surface area contributed by atoms with Gasteiger partial charge in [-0.1, -0.05) is 23.5 Å². The van der Waals surface area contributed by atoms with E-state index in [4.69, 9.17) is 13.9 Å². The number of anilines is 1. The predicted molar refractivity (Wildman–Crippen MR) is 159 cm³/mol. The average molecular weight is 589 g/mol. The molecule has 216 valence electrons. The van der Waals surface area contributed by atoms with Gasteiger partial charge in [0.2, 0.25) is 0 Å². The van der Waals surface area contributed by atoms with Crippen molar-refractivity contribution >= 4 is 34.8 Å². The minimum absolute atomic E-state index is 0.170. The Balaban J connectivity index is 1.62. The summed E-state index contributed by atoms with van der Waals surface area (Å²) in [6, 6.07) is 14.6. The highest BCUT2D eigenvalue weighted by Crippen LogP contribution is 2.35. The first-order chi connectivity index (χ1) is 20.1. The number of carbonyl (C=O) groups is 1. The number of hydrogen-bond acceptors (Lipinski definition) is 10. The summed E-state index contributed by atoms with van der Waals surface area (Å²) in [5.41, 5.74) is 2.21. The molecule has 5 rings (SSSR count). The minimum atomic E-state index is -0.743. The first-order valence-electron chi connectivity index (χ1n) is 13.0. The Kier molecular flexibility index (Phi) is 7.81. The predicted octanol–water partition coefficient (Wildman–Crippen LogP) is 4.04. The van der Waals surface area contributed by atoms with Crippen molar-refractivity contribution < 1.29 is 23.6 Å². The number of benzene rings is 2. The Hall–Kier alpha value is -4.97. The van der Waals surface area contributed by atoms with Crippen molar-refractivity contribution in [1.29, 1.82) is 0 Å². The molecule has 0 N–H and O–H groups in total. The maximum absolute atomic E-state index is 13.9. The number of allylic oxidation sites excluding steroid dienone is 1. The fraction of sp³-hybridized carbons (Fsp3) is 0.233. The van der Waals surface area contributed by atoms with Crippen LogP contribution in [0, 0.1) is 10.1 Å². The lowest BCUT2D eigenvalue weighted by Crippen LogP contribution is -2.39. The first-order valence-corrected chi connectivity index (χ1v) is 13.8. The molecule has 2 aromatic heterocycles. The van der Waals surface area contributed by atoms with Gasteiger partial charge in [-0.25, -0.2) is 9.79 Å². The van der Waals surface area contributed by atoms with Gasteiger partial charge in [-0.3, -0.25) is 19.5 Å². The number of ether oxygens (including phenoxy) is 2. The number of thiazole rings is 1. The topological polar surface area (TPSA) is 129 Å². The lowest BCUT2D eigenvalue weighted by atomic mass is 9.95. The molecule has 0 saturated carbocycles. The number of nitro benzene ring substituents is 1.